The van der Waals surface area contributed by atoms with E-state index in [4.69, 9.17) is 0 Å². The summed E-state index contributed by atoms with van der Waals surface area (Å²) < 4.78 is 39.8. The lowest BCUT2D eigenvalue weighted by Crippen LogP contribution is -2.16. The third-order valence-electron chi connectivity index (χ3n) is 3.62. The number of allylic oxidation sites excluding steroid dienone is 5. The molecule has 6 heteroatoms. The van der Waals surface area contributed by atoms with Crippen LogP contribution in [0.4, 0.5) is 13.2 Å². The lowest BCUT2D eigenvalue weighted by atomic mass is 9.91. The maximum atomic E-state index is 14.0. The first-order valence-corrected chi connectivity index (χ1v) is 6.55. The standard InChI is InChI=1S/C14H14F3N3/c15-10-8-11(9-4-2-1-3-5-9)20-14(10)18-13(19-20)7-6-12(16)17/h1-4,6-7,9-12H,5,8H2/b7-6+/t9?,10-,11-/m0/s1. The highest BCUT2D eigenvalue weighted by Crippen LogP contribution is 2.41. The first-order chi connectivity index (χ1) is 9.65. The molecule has 1 aliphatic heterocycles. The van der Waals surface area contributed by atoms with Gasteiger partial charge in [0.15, 0.2) is 17.8 Å². The van der Waals surface area contributed by atoms with Crippen LogP contribution in [0, 0.1) is 5.92 Å². The Morgan fingerprint density at radius 1 is 1.35 bits per heavy atom. The number of fused-ring (bicyclic) bond motifs is 1. The van der Waals surface area contributed by atoms with Crippen LogP contribution in [0.15, 0.2) is 30.4 Å². The Bertz CT molecular complexity index is 574. The predicted octanol–water partition coefficient (Wildman–Crippen LogP) is 3.64. The Kier molecular flexibility index (Phi) is 3.46. The van der Waals surface area contributed by atoms with Gasteiger partial charge in [-0.15, -0.1) is 0 Å². The fraction of sp³-hybridized carbons (Fsp3) is 0.429. The molecule has 2 heterocycles. The zero-order valence-corrected chi connectivity index (χ0v) is 10.7. The van der Waals surface area contributed by atoms with Gasteiger partial charge in [-0.2, -0.15) is 5.10 Å². The molecule has 0 saturated heterocycles. The molecule has 2 aliphatic rings. The van der Waals surface area contributed by atoms with Crippen molar-refractivity contribution >= 4 is 6.08 Å². The van der Waals surface area contributed by atoms with Crippen molar-refractivity contribution in [2.45, 2.75) is 31.5 Å². The average Bonchev–Trinajstić information content (AvgIpc) is 2.98. The summed E-state index contributed by atoms with van der Waals surface area (Å²) in [6, 6.07) is -0.0950. The number of alkyl halides is 3. The molecule has 0 saturated carbocycles. The summed E-state index contributed by atoms with van der Waals surface area (Å²) >= 11 is 0. The molecular weight excluding hydrogens is 267 g/mol. The van der Waals surface area contributed by atoms with E-state index in [1.165, 1.54) is 0 Å². The molecular formula is C14H14F3N3. The highest BCUT2D eigenvalue weighted by Gasteiger charge is 2.37. The summed E-state index contributed by atoms with van der Waals surface area (Å²) in [7, 11) is 0. The van der Waals surface area contributed by atoms with Gasteiger partial charge in [0.1, 0.15) is 0 Å². The van der Waals surface area contributed by atoms with Crippen molar-refractivity contribution in [3.8, 4) is 0 Å². The van der Waals surface area contributed by atoms with Crippen molar-refractivity contribution in [3.63, 3.8) is 0 Å². The van der Waals surface area contributed by atoms with Crippen molar-refractivity contribution in [2.75, 3.05) is 0 Å². The quantitative estimate of drug-likeness (QED) is 0.846. The highest BCUT2D eigenvalue weighted by atomic mass is 19.3. The van der Waals surface area contributed by atoms with Gasteiger partial charge in [-0.3, -0.25) is 0 Å². The van der Waals surface area contributed by atoms with Crippen LogP contribution in [-0.2, 0) is 0 Å². The van der Waals surface area contributed by atoms with Gasteiger partial charge in [-0.25, -0.2) is 22.8 Å². The van der Waals surface area contributed by atoms with Crippen LogP contribution < -0.4 is 0 Å². The van der Waals surface area contributed by atoms with Crippen LogP contribution in [0.25, 0.3) is 6.08 Å². The molecule has 0 radical (unpaired) electrons. The fourth-order valence-electron chi connectivity index (χ4n) is 2.70. The molecule has 0 N–H and O–H groups in total. The normalized spacial score (nSPS) is 28.7. The van der Waals surface area contributed by atoms with E-state index >= 15 is 0 Å². The molecule has 0 spiro atoms. The van der Waals surface area contributed by atoms with Gasteiger partial charge >= 0.3 is 0 Å². The molecule has 106 valence electrons. The molecule has 0 fully saturated rings. The molecule has 1 aromatic rings. The van der Waals surface area contributed by atoms with Gasteiger partial charge in [-0.1, -0.05) is 24.3 Å². The second kappa shape index (κ2) is 5.26. The van der Waals surface area contributed by atoms with E-state index in [0.717, 1.165) is 12.5 Å². The van der Waals surface area contributed by atoms with E-state index in [1.54, 1.807) is 4.68 Å². The predicted molar refractivity (Wildman–Crippen MR) is 69.0 cm³/mol. The van der Waals surface area contributed by atoms with Gasteiger partial charge in [0.05, 0.1) is 6.04 Å². The van der Waals surface area contributed by atoms with Crippen molar-refractivity contribution < 1.29 is 13.2 Å². The SMILES string of the molecule is FC(F)/C=C/c1nc2n(n1)[C@H](C1C=CC=CC1)C[C@@H]2F. The molecule has 0 aromatic carbocycles. The van der Waals surface area contributed by atoms with E-state index in [2.05, 4.69) is 10.1 Å². The number of aromatic nitrogens is 3. The maximum absolute atomic E-state index is 14.0. The summed E-state index contributed by atoms with van der Waals surface area (Å²) in [6.45, 7) is 0. The monoisotopic (exact) mass is 281 g/mol. The summed E-state index contributed by atoms with van der Waals surface area (Å²) in [5, 5.41) is 4.16. The van der Waals surface area contributed by atoms with Gasteiger partial charge in [0.2, 0.25) is 0 Å². The summed E-state index contributed by atoms with van der Waals surface area (Å²) in [5.74, 6) is 0.558. The van der Waals surface area contributed by atoms with Crippen molar-refractivity contribution in [1.82, 2.24) is 14.8 Å². The summed E-state index contributed by atoms with van der Waals surface area (Å²) in [6.07, 6.45) is 7.23. The van der Waals surface area contributed by atoms with Crippen LogP contribution in [0.5, 0.6) is 0 Å². The maximum Gasteiger partial charge on any atom is 0.257 e. The molecule has 1 aliphatic carbocycles. The number of rotatable bonds is 3. The van der Waals surface area contributed by atoms with E-state index in [9.17, 15) is 13.2 Å². The number of hydrogen-bond acceptors (Lipinski definition) is 2. The minimum Gasteiger partial charge on any atom is -0.243 e. The molecule has 0 bridgehead atoms. The lowest BCUT2D eigenvalue weighted by Gasteiger charge is -2.21. The van der Waals surface area contributed by atoms with Crippen LogP contribution in [0.1, 0.15) is 36.7 Å². The van der Waals surface area contributed by atoms with Crippen LogP contribution in [0.3, 0.4) is 0 Å². The largest absolute Gasteiger partial charge is 0.257 e. The van der Waals surface area contributed by atoms with Crippen LogP contribution in [0.2, 0.25) is 0 Å². The number of halogens is 3. The Labute approximate surface area is 114 Å². The van der Waals surface area contributed by atoms with E-state index in [-0.39, 0.29) is 23.6 Å². The minimum atomic E-state index is -2.56. The highest BCUT2D eigenvalue weighted by molar-refractivity contribution is 5.40. The Morgan fingerprint density at radius 2 is 2.20 bits per heavy atom. The van der Waals surface area contributed by atoms with E-state index < -0.39 is 12.6 Å². The van der Waals surface area contributed by atoms with Gasteiger partial charge in [0.25, 0.3) is 6.43 Å². The van der Waals surface area contributed by atoms with Crippen molar-refractivity contribution in [2.24, 2.45) is 5.92 Å². The van der Waals surface area contributed by atoms with Crippen molar-refractivity contribution in [1.29, 1.82) is 0 Å². The third kappa shape index (κ3) is 2.42. The van der Waals surface area contributed by atoms with Crippen molar-refractivity contribution in [3.05, 3.63) is 42.0 Å². The van der Waals surface area contributed by atoms with E-state index in [1.807, 2.05) is 24.3 Å². The second-order valence-corrected chi connectivity index (χ2v) is 4.95. The number of hydrogen-bond donors (Lipinski definition) is 0. The van der Waals surface area contributed by atoms with Crippen LogP contribution in [-0.4, -0.2) is 21.2 Å². The fourth-order valence-corrected chi connectivity index (χ4v) is 2.70. The Hall–Kier alpha value is -1.85. The third-order valence-corrected chi connectivity index (χ3v) is 3.62. The molecule has 1 aromatic heterocycles. The Balaban J connectivity index is 1.86. The smallest absolute Gasteiger partial charge is 0.243 e. The van der Waals surface area contributed by atoms with E-state index in [0.29, 0.717) is 12.5 Å². The molecule has 0 amide bonds. The molecule has 3 rings (SSSR count). The van der Waals surface area contributed by atoms with Gasteiger partial charge in [0, 0.05) is 12.3 Å². The summed E-state index contributed by atoms with van der Waals surface area (Å²) in [5.41, 5.74) is 0. The second-order valence-electron chi connectivity index (χ2n) is 4.95. The lowest BCUT2D eigenvalue weighted by molar-refractivity contribution is 0.205. The molecule has 20 heavy (non-hydrogen) atoms. The zero-order chi connectivity index (χ0) is 14.1. The van der Waals surface area contributed by atoms with Crippen LogP contribution >= 0.6 is 0 Å². The minimum absolute atomic E-state index is 0.0950. The zero-order valence-electron chi connectivity index (χ0n) is 10.7. The summed E-state index contributed by atoms with van der Waals surface area (Å²) in [4.78, 5) is 4.00. The molecule has 1 unspecified atom stereocenters. The first-order valence-electron chi connectivity index (χ1n) is 6.55. The first kappa shape index (κ1) is 13.1. The molecule has 3 atom stereocenters. The average molecular weight is 281 g/mol. The number of nitrogens with zero attached hydrogens (tertiary/aromatic N) is 3. The van der Waals surface area contributed by atoms with Gasteiger partial charge in [-0.05, 0) is 18.6 Å². The van der Waals surface area contributed by atoms with Gasteiger partial charge < -0.3 is 0 Å². The topological polar surface area (TPSA) is 30.7 Å². The molecule has 3 nitrogen and oxygen atoms in total. The Morgan fingerprint density at radius 3 is 2.90 bits per heavy atom.